The van der Waals surface area contributed by atoms with Crippen LogP contribution in [-0.2, 0) is 4.79 Å². The lowest BCUT2D eigenvalue weighted by Gasteiger charge is -2.10. The lowest BCUT2D eigenvalue weighted by Crippen LogP contribution is -2.22. The number of rotatable bonds is 4. The average molecular weight is 365 g/mol. The van der Waals surface area contributed by atoms with Crippen molar-refractivity contribution in [2.75, 3.05) is 17.2 Å². The number of hydrogen-bond acceptors (Lipinski definition) is 3. The maximum absolute atomic E-state index is 11.9. The van der Waals surface area contributed by atoms with Gasteiger partial charge in [-0.1, -0.05) is 23.7 Å². The first-order chi connectivity index (χ1) is 10.1. The van der Waals surface area contributed by atoms with Crippen LogP contribution in [0, 0.1) is 11.3 Å². The van der Waals surface area contributed by atoms with E-state index in [-0.39, 0.29) is 12.5 Å². The third kappa shape index (κ3) is 4.22. The summed E-state index contributed by atoms with van der Waals surface area (Å²) in [6, 6.07) is 14.2. The molecule has 0 aliphatic rings. The van der Waals surface area contributed by atoms with Gasteiger partial charge in [0.05, 0.1) is 34.6 Å². The number of nitrogens with one attached hydrogen (secondary N) is 2. The highest BCUT2D eigenvalue weighted by Crippen LogP contribution is 2.23. The molecule has 0 aliphatic carbocycles. The molecule has 0 atom stereocenters. The van der Waals surface area contributed by atoms with Gasteiger partial charge in [0.2, 0.25) is 5.91 Å². The van der Waals surface area contributed by atoms with Crippen LogP contribution < -0.4 is 10.6 Å². The Hall–Kier alpha value is -2.03. The molecule has 0 aromatic heterocycles. The Kier molecular flexibility index (Phi) is 5.20. The third-order valence-corrected chi connectivity index (χ3v) is 3.69. The van der Waals surface area contributed by atoms with Crippen molar-refractivity contribution in [2.45, 2.75) is 0 Å². The first kappa shape index (κ1) is 15.4. The molecule has 0 saturated carbocycles. The minimum Gasteiger partial charge on any atom is -0.375 e. The zero-order valence-corrected chi connectivity index (χ0v) is 13.2. The Morgan fingerprint density at radius 1 is 1.24 bits per heavy atom. The quantitative estimate of drug-likeness (QED) is 0.861. The normalized spacial score (nSPS) is 9.76. The Balaban J connectivity index is 1.96. The second-order valence-electron chi connectivity index (χ2n) is 4.19. The van der Waals surface area contributed by atoms with Crippen molar-refractivity contribution < 1.29 is 4.79 Å². The number of benzene rings is 2. The summed E-state index contributed by atoms with van der Waals surface area (Å²) in [4.78, 5) is 11.9. The zero-order chi connectivity index (χ0) is 15.2. The van der Waals surface area contributed by atoms with Gasteiger partial charge in [-0.3, -0.25) is 4.79 Å². The van der Waals surface area contributed by atoms with E-state index in [2.05, 4.69) is 26.6 Å². The molecule has 0 unspecified atom stereocenters. The molecular weight excluding hydrogens is 354 g/mol. The number of anilines is 2. The van der Waals surface area contributed by atoms with E-state index in [0.29, 0.717) is 22.0 Å². The standard InChI is InChI=1S/C15H11BrClN3O/c16-11-3-1-2-4-13(11)20-15(21)9-19-14-6-5-10(8-18)7-12(14)17/h1-7,19H,9H2,(H,20,21). The minimum absolute atomic E-state index is 0.0763. The lowest BCUT2D eigenvalue weighted by molar-refractivity contribution is -0.114. The summed E-state index contributed by atoms with van der Waals surface area (Å²) in [6.07, 6.45) is 0. The van der Waals surface area contributed by atoms with Crippen molar-refractivity contribution >= 4 is 44.8 Å². The second-order valence-corrected chi connectivity index (χ2v) is 5.45. The molecule has 0 radical (unpaired) electrons. The number of carbonyl (C=O) groups excluding carboxylic acids is 1. The molecule has 0 heterocycles. The van der Waals surface area contributed by atoms with Crippen LogP contribution in [0.3, 0.4) is 0 Å². The van der Waals surface area contributed by atoms with E-state index in [1.165, 1.54) is 0 Å². The van der Waals surface area contributed by atoms with E-state index in [9.17, 15) is 4.79 Å². The zero-order valence-electron chi connectivity index (χ0n) is 10.9. The van der Waals surface area contributed by atoms with Gasteiger partial charge in [-0.05, 0) is 46.3 Å². The number of halogens is 2. The van der Waals surface area contributed by atoms with Crippen LogP contribution in [-0.4, -0.2) is 12.5 Å². The fourth-order valence-electron chi connectivity index (χ4n) is 1.66. The van der Waals surface area contributed by atoms with Crippen LogP contribution in [0.1, 0.15) is 5.56 Å². The molecule has 0 spiro atoms. The van der Waals surface area contributed by atoms with Crippen LogP contribution in [0.5, 0.6) is 0 Å². The van der Waals surface area contributed by atoms with Gasteiger partial charge < -0.3 is 10.6 Å². The predicted molar refractivity (Wildman–Crippen MR) is 87.4 cm³/mol. The van der Waals surface area contributed by atoms with E-state index in [4.69, 9.17) is 16.9 Å². The number of carbonyl (C=O) groups is 1. The van der Waals surface area contributed by atoms with E-state index in [1.807, 2.05) is 24.3 Å². The number of nitrogens with zero attached hydrogens (tertiary/aromatic N) is 1. The molecule has 2 rings (SSSR count). The highest BCUT2D eigenvalue weighted by Gasteiger charge is 2.07. The van der Waals surface area contributed by atoms with E-state index >= 15 is 0 Å². The molecule has 6 heteroatoms. The Morgan fingerprint density at radius 2 is 2.00 bits per heavy atom. The highest BCUT2D eigenvalue weighted by atomic mass is 79.9. The molecule has 106 valence electrons. The average Bonchev–Trinajstić information content (AvgIpc) is 2.48. The number of amides is 1. The number of para-hydroxylation sites is 1. The van der Waals surface area contributed by atoms with Gasteiger partial charge in [-0.25, -0.2) is 0 Å². The van der Waals surface area contributed by atoms with Gasteiger partial charge in [-0.2, -0.15) is 5.26 Å². The molecular formula is C15H11BrClN3O. The summed E-state index contributed by atoms with van der Waals surface area (Å²) >= 11 is 9.39. The Morgan fingerprint density at radius 3 is 2.67 bits per heavy atom. The van der Waals surface area contributed by atoms with Crippen molar-refractivity contribution in [1.29, 1.82) is 5.26 Å². The van der Waals surface area contributed by atoms with Crippen LogP contribution >= 0.6 is 27.5 Å². The van der Waals surface area contributed by atoms with E-state index < -0.39 is 0 Å². The SMILES string of the molecule is N#Cc1ccc(NCC(=O)Nc2ccccc2Br)c(Cl)c1. The van der Waals surface area contributed by atoms with Gasteiger partial charge in [0.1, 0.15) is 0 Å². The fourth-order valence-corrected chi connectivity index (χ4v) is 2.29. The van der Waals surface area contributed by atoms with Crippen molar-refractivity contribution in [1.82, 2.24) is 0 Å². The minimum atomic E-state index is -0.192. The number of hydrogen-bond donors (Lipinski definition) is 2. The van der Waals surface area contributed by atoms with Crippen LogP contribution in [0.25, 0.3) is 0 Å². The number of nitriles is 1. The summed E-state index contributed by atoms with van der Waals surface area (Å²) < 4.78 is 0.815. The van der Waals surface area contributed by atoms with Crippen LogP contribution in [0.4, 0.5) is 11.4 Å². The van der Waals surface area contributed by atoms with Gasteiger partial charge >= 0.3 is 0 Å². The van der Waals surface area contributed by atoms with Crippen molar-refractivity contribution in [2.24, 2.45) is 0 Å². The summed E-state index contributed by atoms with van der Waals surface area (Å²) in [6.45, 7) is 0.0763. The van der Waals surface area contributed by atoms with E-state index in [0.717, 1.165) is 4.47 Å². The molecule has 2 aromatic rings. The third-order valence-electron chi connectivity index (χ3n) is 2.69. The van der Waals surface area contributed by atoms with Gasteiger partial charge in [0.25, 0.3) is 0 Å². The molecule has 0 saturated heterocycles. The van der Waals surface area contributed by atoms with Crippen LogP contribution in [0.15, 0.2) is 46.9 Å². The molecule has 4 nitrogen and oxygen atoms in total. The van der Waals surface area contributed by atoms with Crippen molar-refractivity contribution in [3.63, 3.8) is 0 Å². The van der Waals surface area contributed by atoms with Gasteiger partial charge in [-0.15, -0.1) is 0 Å². The first-order valence-electron chi connectivity index (χ1n) is 6.08. The fraction of sp³-hybridized carbons (Fsp3) is 0.0667. The highest BCUT2D eigenvalue weighted by molar-refractivity contribution is 9.10. The Labute approximate surface area is 135 Å². The predicted octanol–water partition coefficient (Wildman–Crippen LogP) is 4.02. The van der Waals surface area contributed by atoms with Gasteiger partial charge in [0, 0.05) is 4.47 Å². The molecule has 0 fully saturated rings. The monoisotopic (exact) mass is 363 g/mol. The van der Waals surface area contributed by atoms with E-state index in [1.54, 1.807) is 24.3 Å². The molecule has 0 bridgehead atoms. The summed E-state index contributed by atoms with van der Waals surface area (Å²) in [7, 11) is 0. The summed E-state index contributed by atoms with van der Waals surface area (Å²) in [5, 5.41) is 14.9. The van der Waals surface area contributed by atoms with Crippen LogP contribution in [0.2, 0.25) is 5.02 Å². The Bertz CT molecular complexity index is 712. The van der Waals surface area contributed by atoms with Crippen molar-refractivity contribution in [3.8, 4) is 6.07 Å². The second kappa shape index (κ2) is 7.11. The van der Waals surface area contributed by atoms with Crippen molar-refractivity contribution in [3.05, 3.63) is 57.5 Å². The van der Waals surface area contributed by atoms with Gasteiger partial charge in [0.15, 0.2) is 0 Å². The maximum atomic E-state index is 11.9. The summed E-state index contributed by atoms with van der Waals surface area (Å²) in [5.74, 6) is -0.192. The smallest absolute Gasteiger partial charge is 0.243 e. The topological polar surface area (TPSA) is 64.9 Å². The maximum Gasteiger partial charge on any atom is 0.243 e. The molecule has 1 amide bonds. The molecule has 2 aromatic carbocycles. The molecule has 21 heavy (non-hydrogen) atoms. The largest absolute Gasteiger partial charge is 0.375 e. The lowest BCUT2D eigenvalue weighted by atomic mass is 10.2. The molecule has 0 aliphatic heterocycles. The molecule has 2 N–H and O–H groups in total. The first-order valence-corrected chi connectivity index (χ1v) is 7.25. The summed E-state index contributed by atoms with van der Waals surface area (Å²) in [5.41, 5.74) is 1.79.